The molecule has 0 heterocycles. The minimum atomic E-state index is -1.47. The highest BCUT2D eigenvalue weighted by atomic mass is 19.1. The molecule has 0 aliphatic rings. The Morgan fingerprint density at radius 1 is 1.56 bits per heavy atom. The van der Waals surface area contributed by atoms with Gasteiger partial charge in [-0.3, -0.25) is 10.1 Å². The zero-order chi connectivity index (χ0) is 13.7. The van der Waals surface area contributed by atoms with Gasteiger partial charge in [-0.25, -0.2) is 9.18 Å². The molecule has 0 spiro atoms. The van der Waals surface area contributed by atoms with Gasteiger partial charge in [0.2, 0.25) is 5.75 Å². The van der Waals surface area contributed by atoms with Crippen LogP contribution >= 0.6 is 0 Å². The molecule has 6 nitrogen and oxygen atoms in total. The van der Waals surface area contributed by atoms with Crippen LogP contribution in [0.5, 0.6) is 5.75 Å². The van der Waals surface area contributed by atoms with Crippen molar-refractivity contribution in [3.05, 3.63) is 33.6 Å². The van der Waals surface area contributed by atoms with E-state index in [-0.39, 0.29) is 6.61 Å². The number of carboxylic acids is 1. The Balaban J connectivity index is 3.23. The van der Waals surface area contributed by atoms with Gasteiger partial charge in [0.1, 0.15) is 11.4 Å². The maximum absolute atomic E-state index is 13.1. The van der Waals surface area contributed by atoms with E-state index in [4.69, 9.17) is 9.84 Å². The van der Waals surface area contributed by atoms with Crippen LogP contribution in [0.2, 0.25) is 0 Å². The number of carbonyl (C=O) groups is 1. The molecule has 0 bridgehead atoms. The summed E-state index contributed by atoms with van der Waals surface area (Å²) in [6, 6.07) is 1.35. The first-order valence-corrected chi connectivity index (χ1v) is 5.31. The number of carboxylic acid groups (broad SMARTS) is 1. The molecule has 0 aliphatic carbocycles. The third kappa shape index (κ3) is 3.16. The maximum atomic E-state index is 13.1. The summed E-state index contributed by atoms with van der Waals surface area (Å²) in [6.45, 7) is 2.03. The van der Waals surface area contributed by atoms with Gasteiger partial charge < -0.3 is 9.84 Å². The lowest BCUT2D eigenvalue weighted by molar-refractivity contribution is -0.386. The number of ether oxygens (including phenoxy) is 1. The number of nitrogens with zero attached hydrogens (tertiary/aromatic N) is 1. The van der Waals surface area contributed by atoms with E-state index in [1.165, 1.54) is 0 Å². The second kappa shape index (κ2) is 5.95. The summed E-state index contributed by atoms with van der Waals surface area (Å²) in [5.41, 5.74) is -1.22. The predicted molar refractivity (Wildman–Crippen MR) is 60.4 cm³/mol. The van der Waals surface area contributed by atoms with Crippen LogP contribution in [0.3, 0.4) is 0 Å². The molecule has 0 amide bonds. The van der Waals surface area contributed by atoms with Crippen LogP contribution in [-0.4, -0.2) is 22.6 Å². The Morgan fingerprint density at radius 3 is 2.72 bits per heavy atom. The first-order valence-electron chi connectivity index (χ1n) is 5.31. The lowest BCUT2D eigenvalue weighted by Crippen LogP contribution is -2.08. The lowest BCUT2D eigenvalue weighted by atomic mass is 10.1. The van der Waals surface area contributed by atoms with Gasteiger partial charge in [0.15, 0.2) is 0 Å². The average molecular weight is 257 g/mol. The molecule has 0 saturated heterocycles. The summed E-state index contributed by atoms with van der Waals surface area (Å²) in [5, 5.41) is 19.6. The zero-order valence-electron chi connectivity index (χ0n) is 9.68. The summed E-state index contributed by atoms with van der Waals surface area (Å²) in [7, 11) is 0. The van der Waals surface area contributed by atoms with Crippen molar-refractivity contribution in [2.45, 2.75) is 19.8 Å². The van der Waals surface area contributed by atoms with Crippen molar-refractivity contribution >= 4 is 11.7 Å². The number of rotatable bonds is 6. The Morgan fingerprint density at radius 2 is 2.22 bits per heavy atom. The molecular formula is C11H12FNO5. The Hall–Kier alpha value is -2.18. The van der Waals surface area contributed by atoms with Gasteiger partial charge in [-0.2, -0.15) is 0 Å². The summed E-state index contributed by atoms with van der Waals surface area (Å²) >= 11 is 0. The summed E-state index contributed by atoms with van der Waals surface area (Å²) in [4.78, 5) is 20.8. The second-order valence-corrected chi connectivity index (χ2v) is 3.57. The van der Waals surface area contributed by atoms with Gasteiger partial charge in [0.25, 0.3) is 0 Å². The molecule has 0 aromatic heterocycles. The Labute approximate surface area is 102 Å². The van der Waals surface area contributed by atoms with Gasteiger partial charge >= 0.3 is 11.7 Å². The molecule has 18 heavy (non-hydrogen) atoms. The average Bonchev–Trinajstić information content (AvgIpc) is 2.30. The Bertz CT molecular complexity index is 439. The maximum Gasteiger partial charge on any atom is 0.339 e. The molecule has 98 valence electrons. The standard InChI is InChI=1S/C11H12FNO5/c1-2-3-4-18-10-8(11(14)15)5-7(12)6-9(10)13(16)17/h5-6H,2-4H2,1H3,(H,14,15). The van der Waals surface area contributed by atoms with Crippen molar-refractivity contribution < 1.29 is 24.0 Å². The van der Waals surface area contributed by atoms with Crippen LogP contribution in [0.4, 0.5) is 10.1 Å². The van der Waals surface area contributed by atoms with Crippen molar-refractivity contribution in [2.75, 3.05) is 6.61 Å². The number of nitro benzene ring substituents is 1. The summed E-state index contributed by atoms with van der Waals surface area (Å²) in [5.74, 6) is -2.85. The van der Waals surface area contributed by atoms with Gasteiger partial charge in [0, 0.05) is 0 Å². The van der Waals surface area contributed by atoms with Gasteiger partial charge in [-0.15, -0.1) is 0 Å². The van der Waals surface area contributed by atoms with E-state index in [1.807, 2.05) is 6.92 Å². The van der Waals surface area contributed by atoms with Crippen LogP contribution in [-0.2, 0) is 0 Å². The molecule has 0 saturated carbocycles. The van der Waals surface area contributed by atoms with Gasteiger partial charge in [-0.1, -0.05) is 13.3 Å². The van der Waals surface area contributed by atoms with Crippen LogP contribution in [0.15, 0.2) is 12.1 Å². The highest BCUT2D eigenvalue weighted by Crippen LogP contribution is 2.32. The number of nitro groups is 1. The van der Waals surface area contributed by atoms with Crippen molar-refractivity contribution in [1.82, 2.24) is 0 Å². The van der Waals surface area contributed by atoms with Crippen molar-refractivity contribution in [3.8, 4) is 5.75 Å². The molecule has 0 aliphatic heterocycles. The van der Waals surface area contributed by atoms with E-state index in [2.05, 4.69) is 0 Å². The van der Waals surface area contributed by atoms with Crippen molar-refractivity contribution in [3.63, 3.8) is 0 Å². The smallest absolute Gasteiger partial charge is 0.339 e. The van der Waals surface area contributed by atoms with E-state index in [1.54, 1.807) is 0 Å². The molecular weight excluding hydrogens is 245 g/mol. The number of aromatic carboxylic acids is 1. The first-order chi connectivity index (χ1) is 8.47. The zero-order valence-corrected chi connectivity index (χ0v) is 9.68. The van der Waals surface area contributed by atoms with E-state index in [0.717, 1.165) is 6.42 Å². The molecule has 1 rings (SSSR count). The molecule has 1 aromatic rings. The summed E-state index contributed by atoms with van der Waals surface area (Å²) in [6.07, 6.45) is 1.41. The van der Waals surface area contributed by atoms with E-state index < -0.39 is 33.7 Å². The second-order valence-electron chi connectivity index (χ2n) is 3.57. The predicted octanol–water partition coefficient (Wildman–Crippen LogP) is 2.61. The number of hydrogen-bond acceptors (Lipinski definition) is 4. The van der Waals surface area contributed by atoms with E-state index in [9.17, 15) is 19.3 Å². The third-order valence-electron chi connectivity index (χ3n) is 2.21. The SMILES string of the molecule is CCCCOc1c(C(=O)O)cc(F)cc1[N+](=O)[O-]. The lowest BCUT2D eigenvalue weighted by Gasteiger charge is -2.09. The van der Waals surface area contributed by atoms with Crippen molar-refractivity contribution in [1.29, 1.82) is 0 Å². The minimum Gasteiger partial charge on any atom is -0.486 e. The van der Waals surface area contributed by atoms with E-state index >= 15 is 0 Å². The number of benzene rings is 1. The molecule has 0 fully saturated rings. The van der Waals surface area contributed by atoms with Crippen LogP contribution < -0.4 is 4.74 Å². The van der Waals surface area contributed by atoms with Gasteiger partial charge in [0.05, 0.1) is 17.6 Å². The first kappa shape index (κ1) is 13.9. The normalized spacial score (nSPS) is 10.1. The van der Waals surface area contributed by atoms with Crippen LogP contribution in [0.25, 0.3) is 0 Å². The van der Waals surface area contributed by atoms with Gasteiger partial charge in [-0.05, 0) is 12.5 Å². The van der Waals surface area contributed by atoms with E-state index in [0.29, 0.717) is 18.6 Å². The molecule has 0 radical (unpaired) electrons. The quantitative estimate of drug-likeness (QED) is 0.480. The number of unbranched alkanes of at least 4 members (excludes halogenated alkanes) is 1. The van der Waals surface area contributed by atoms with Crippen LogP contribution in [0, 0.1) is 15.9 Å². The topological polar surface area (TPSA) is 89.7 Å². The monoisotopic (exact) mass is 257 g/mol. The highest BCUT2D eigenvalue weighted by Gasteiger charge is 2.25. The number of hydrogen-bond donors (Lipinski definition) is 1. The highest BCUT2D eigenvalue weighted by molar-refractivity contribution is 5.92. The molecule has 0 atom stereocenters. The Kier molecular flexibility index (Phi) is 4.59. The van der Waals surface area contributed by atoms with Crippen LogP contribution in [0.1, 0.15) is 30.1 Å². The van der Waals surface area contributed by atoms with Crippen molar-refractivity contribution in [2.24, 2.45) is 0 Å². The fourth-order valence-electron chi connectivity index (χ4n) is 1.34. The summed E-state index contributed by atoms with van der Waals surface area (Å²) < 4.78 is 18.2. The molecule has 7 heteroatoms. The fourth-order valence-corrected chi connectivity index (χ4v) is 1.34. The molecule has 1 aromatic carbocycles. The largest absolute Gasteiger partial charge is 0.486 e. The number of halogens is 1. The molecule has 1 N–H and O–H groups in total. The molecule has 0 unspecified atom stereocenters. The third-order valence-corrected chi connectivity index (χ3v) is 2.21. The fraction of sp³-hybridized carbons (Fsp3) is 0.364. The minimum absolute atomic E-state index is 0.142.